The Hall–Kier alpha value is -3.88. The number of imide groups is 1. The molecule has 9 nitrogen and oxygen atoms in total. The van der Waals surface area contributed by atoms with Gasteiger partial charge in [0, 0.05) is 13.0 Å². The predicted octanol–water partition coefficient (Wildman–Crippen LogP) is 3.05. The molecule has 2 aromatic rings. The van der Waals surface area contributed by atoms with E-state index in [2.05, 4.69) is 0 Å². The van der Waals surface area contributed by atoms with Gasteiger partial charge in [0.2, 0.25) is 11.8 Å². The molecule has 0 saturated carbocycles. The van der Waals surface area contributed by atoms with E-state index in [4.69, 9.17) is 14.6 Å². The maximum atomic E-state index is 13.3. The molecular formula is C26H30N2O7. The van der Waals surface area contributed by atoms with Crippen molar-refractivity contribution < 1.29 is 33.8 Å². The van der Waals surface area contributed by atoms with Crippen molar-refractivity contribution in [2.24, 2.45) is 0 Å². The molecule has 186 valence electrons. The van der Waals surface area contributed by atoms with Gasteiger partial charge in [-0.15, -0.1) is 0 Å². The van der Waals surface area contributed by atoms with Crippen molar-refractivity contribution in [3.63, 3.8) is 0 Å². The number of hydrogen-bond acceptors (Lipinski definition) is 6. The van der Waals surface area contributed by atoms with Crippen molar-refractivity contribution in [3.8, 4) is 11.5 Å². The molecule has 35 heavy (non-hydrogen) atoms. The van der Waals surface area contributed by atoms with Gasteiger partial charge >= 0.3 is 5.97 Å². The topological polar surface area (TPSA) is 113 Å². The van der Waals surface area contributed by atoms with E-state index in [1.165, 1.54) is 4.90 Å². The van der Waals surface area contributed by atoms with E-state index in [1.54, 1.807) is 43.5 Å². The second kappa shape index (κ2) is 12.0. The molecule has 1 aliphatic rings. The van der Waals surface area contributed by atoms with Crippen LogP contribution in [0.25, 0.3) is 0 Å². The number of methoxy groups -OCH3 is 1. The van der Waals surface area contributed by atoms with E-state index in [9.17, 15) is 19.2 Å². The van der Waals surface area contributed by atoms with Crippen molar-refractivity contribution in [3.05, 3.63) is 54.1 Å². The zero-order chi connectivity index (χ0) is 25.4. The summed E-state index contributed by atoms with van der Waals surface area (Å²) in [7, 11) is 1.57. The van der Waals surface area contributed by atoms with Crippen LogP contribution in [0.5, 0.6) is 11.5 Å². The Kier molecular flexibility index (Phi) is 8.83. The number of carboxylic acid groups (broad SMARTS) is 1. The van der Waals surface area contributed by atoms with Crippen molar-refractivity contribution in [1.29, 1.82) is 0 Å². The monoisotopic (exact) mass is 482 g/mol. The Morgan fingerprint density at radius 1 is 1.03 bits per heavy atom. The molecule has 1 aliphatic heterocycles. The molecule has 0 spiro atoms. The zero-order valence-electron chi connectivity index (χ0n) is 19.9. The highest BCUT2D eigenvalue weighted by Crippen LogP contribution is 2.28. The Morgan fingerprint density at radius 3 is 2.29 bits per heavy atom. The fraction of sp³-hybridized carbons (Fsp3) is 0.385. The molecular weight excluding hydrogens is 452 g/mol. The van der Waals surface area contributed by atoms with E-state index in [-0.39, 0.29) is 25.8 Å². The van der Waals surface area contributed by atoms with Crippen molar-refractivity contribution >= 4 is 29.4 Å². The summed E-state index contributed by atoms with van der Waals surface area (Å²) < 4.78 is 10.7. The molecule has 1 fully saturated rings. The number of anilines is 1. The maximum Gasteiger partial charge on any atom is 0.303 e. The number of carbonyl (C=O) groups is 4. The highest BCUT2D eigenvalue weighted by Gasteiger charge is 2.44. The molecule has 3 amide bonds. The van der Waals surface area contributed by atoms with Crippen LogP contribution in [-0.4, -0.2) is 60.0 Å². The quantitative estimate of drug-likeness (QED) is 0.463. The fourth-order valence-electron chi connectivity index (χ4n) is 3.90. The maximum absolute atomic E-state index is 13.3. The Morgan fingerprint density at radius 2 is 1.69 bits per heavy atom. The molecule has 1 N–H and O–H groups in total. The minimum atomic E-state index is -1.10. The molecule has 1 saturated heterocycles. The molecule has 0 aromatic heterocycles. The van der Waals surface area contributed by atoms with Crippen molar-refractivity contribution in [1.82, 2.24) is 4.90 Å². The van der Waals surface area contributed by atoms with Crippen molar-refractivity contribution in [2.45, 2.75) is 45.1 Å². The van der Waals surface area contributed by atoms with Gasteiger partial charge in [-0.3, -0.25) is 19.2 Å². The Balaban J connectivity index is 1.77. The third kappa shape index (κ3) is 6.59. The summed E-state index contributed by atoms with van der Waals surface area (Å²) in [6.45, 7) is 2.73. The highest BCUT2D eigenvalue weighted by atomic mass is 16.5. The van der Waals surface area contributed by atoms with Gasteiger partial charge in [-0.05, 0) is 54.8 Å². The van der Waals surface area contributed by atoms with Crippen LogP contribution < -0.4 is 14.4 Å². The van der Waals surface area contributed by atoms with Gasteiger partial charge in [0.25, 0.3) is 5.91 Å². The molecule has 0 aliphatic carbocycles. The normalized spacial score (nSPS) is 15.3. The smallest absolute Gasteiger partial charge is 0.303 e. The summed E-state index contributed by atoms with van der Waals surface area (Å²) in [6.07, 6.45) is 0.530. The van der Waals surface area contributed by atoms with E-state index in [1.807, 2.05) is 19.1 Å². The SMILES string of the molecule is CCCOc1ccc(N2C(=O)C[C@@H](N(CCc3ccc(OC)cc3)C(=O)CCC(=O)O)C2=O)cc1. The number of rotatable bonds is 12. The first-order valence-corrected chi connectivity index (χ1v) is 11.6. The number of carbonyl (C=O) groups excluding carboxylic acids is 3. The molecule has 1 atom stereocenters. The van der Waals surface area contributed by atoms with E-state index in [0.29, 0.717) is 30.2 Å². The second-order valence-corrected chi connectivity index (χ2v) is 8.21. The number of aliphatic carboxylic acids is 1. The highest BCUT2D eigenvalue weighted by molar-refractivity contribution is 6.23. The van der Waals surface area contributed by atoms with Gasteiger partial charge in [-0.25, -0.2) is 4.90 Å². The van der Waals surface area contributed by atoms with Crippen LogP contribution in [0.2, 0.25) is 0 Å². The molecule has 9 heteroatoms. The lowest BCUT2D eigenvalue weighted by Crippen LogP contribution is -2.46. The number of nitrogens with zero attached hydrogens (tertiary/aromatic N) is 2. The average molecular weight is 483 g/mol. The lowest BCUT2D eigenvalue weighted by molar-refractivity contribution is -0.143. The van der Waals surface area contributed by atoms with Crippen molar-refractivity contribution in [2.75, 3.05) is 25.2 Å². The zero-order valence-corrected chi connectivity index (χ0v) is 19.9. The summed E-state index contributed by atoms with van der Waals surface area (Å²) in [4.78, 5) is 52.5. The standard InChI is InChI=1S/C26H30N2O7/c1-3-16-35-21-10-6-19(7-11-21)28-24(30)17-22(26(28)33)27(23(29)12-13-25(31)32)15-14-18-4-8-20(34-2)9-5-18/h4-11,22H,3,12-17H2,1-2H3,(H,31,32)/t22-/m1/s1. The van der Waals surface area contributed by atoms with Gasteiger partial charge in [0.15, 0.2) is 0 Å². The van der Waals surface area contributed by atoms with E-state index >= 15 is 0 Å². The van der Waals surface area contributed by atoms with Crippen LogP contribution in [0.15, 0.2) is 48.5 Å². The van der Waals surface area contributed by atoms with Gasteiger partial charge < -0.3 is 19.5 Å². The van der Waals surface area contributed by atoms with Gasteiger partial charge in [0.05, 0.1) is 32.2 Å². The number of ether oxygens (including phenoxy) is 2. The van der Waals surface area contributed by atoms with Gasteiger partial charge in [-0.2, -0.15) is 0 Å². The predicted molar refractivity (Wildman–Crippen MR) is 128 cm³/mol. The Labute approximate surface area is 204 Å². The summed E-state index contributed by atoms with van der Waals surface area (Å²) in [6, 6.07) is 13.0. The lowest BCUT2D eigenvalue weighted by Gasteiger charge is -2.28. The van der Waals surface area contributed by atoms with Crippen LogP contribution in [0.1, 0.15) is 38.2 Å². The summed E-state index contributed by atoms with van der Waals surface area (Å²) in [5, 5.41) is 9.01. The molecule has 1 heterocycles. The van der Waals surface area contributed by atoms with Crippen LogP contribution in [-0.2, 0) is 25.6 Å². The van der Waals surface area contributed by atoms with Crippen LogP contribution in [0, 0.1) is 0 Å². The lowest BCUT2D eigenvalue weighted by atomic mass is 10.1. The van der Waals surface area contributed by atoms with E-state index < -0.39 is 29.7 Å². The third-order valence-electron chi connectivity index (χ3n) is 5.74. The van der Waals surface area contributed by atoms with Gasteiger partial charge in [0.1, 0.15) is 17.5 Å². The number of amides is 3. The third-order valence-corrected chi connectivity index (χ3v) is 5.74. The number of carboxylic acids is 1. The summed E-state index contributed by atoms with van der Waals surface area (Å²) >= 11 is 0. The number of benzene rings is 2. The summed E-state index contributed by atoms with van der Waals surface area (Å²) in [5.74, 6) is -1.16. The van der Waals surface area contributed by atoms with Gasteiger partial charge in [-0.1, -0.05) is 19.1 Å². The van der Waals surface area contributed by atoms with E-state index in [0.717, 1.165) is 16.9 Å². The largest absolute Gasteiger partial charge is 0.497 e. The summed E-state index contributed by atoms with van der Waals surface area (Å²) in [5.41, 5.74) is 1.32. The molecule has 0 bridgehead atoms. The first kappa shape index (κ1) is 25.7. The second-order valence-electron chi connectivity index (χ2n) is 8.21. The molecule has 0 unspecified atom stereocenters. The number of hydrogen-bond donors (Lipinski definition) is 1. The molecule has 3 rings (SSSR count). The first-order chi connectivity index (χ1) is 16.8. The molecule has 2 aromatic carbocycles. The first-order valence-electron chi connectivity index (χ1n) is 11.6. The fourth-order valence-corrected chi connectivity index (χ4v) is 3.90. The van der Waals surface area contributed by atoms with Crippen LogP contribution in [0.3, 0.4) is 0 Å². The van der Waals surface area contributed by atoms with Crippen LogP contribution in [0.4, 0.5) is 5.69 Å². The Bertz CT molecular complexity index is 1050. The van der Waals surface area contributed by atoms with Crippen LogP contribution >= 0.6 is 0 Å². The average Bonchev–Trinajstić information content (AvgIpc) is 3.15. The minimum Gasteiger partial charge on any atom is -0.497 e. The minimum absolute atomic E-state index is 0.158. The molecule has 0 radical (unpaired) electrons.